The average Bonchev–Trinajstić information content (AvgIpc) is 2.10. The summed E-state index contributed by atoms with van der Waals surface area (Å²) in [5.74, 6) is -3.10. The zero-order valence-electron chi connectivity index (χ0n) is 6.42. The minimum absolute atomic E-state index is 0.231. The zero-order valence-corrected chi connectivity index (χ0v) is 7.18. The second kappa shape index (κ2) is 3.62. The standard InChI is InChI=1S/C8H6ClFO3/c9-3-8(13)4-1-5(10)7(12)2-6(4)11/h1-2,11-12H,3H2. The number of hydrogen-bond acceptors (Lipinski definition) is 3. The Labute approximate surface area is 78.4 Å². The van der Waals surface area contributed by atoms with E-state index in [9.17, 15) is 9.18 Å². The van der Waals surface area contributed by atoms with Crippen molar-refractivity contribution in [2.24, 2.45) is 0 Å². The number of halogens is 2. The van der Waals surface area contributed by atoms with E-state index in [0.717, 1.165) is 12.1 Å². The molecule has 0 radical (unpaired) electrons. The van der Waals surface area contributed by atoms with E-state index in [4.69, 9.17) is 21.8 Å². The molecule has 0 bridgehead atoms. The summed E-state index contributed by atoms with van der Waals surface area (Å²) in [6, 6.07) is 1.50. The van der Waals surface area contributed by atoms with Crippen LogP contribution in [-0.4, -0.2) is 21.9 Å². The van der Waals surface area contributed by atoms with Crippen molar-refractivity contribution >= 4 is 17.4 Å². The lowest BCUT2D eigenvalue weighted by Gasteiger charge is -2.02. The molecule has 0 aliphatic rings. The van der Waals surface area contributed by atoms with E-state index in [0.29, 0.717) is 0 Å². The summed E-state index contributed by atoms with van der Waals surface area (Å²) in [4.78, 5) is 11.0. The smallest absolute Gasteiger partial charge is 0.181 e. The number of Topliss-reactive ketones (excluding diaryl/α,β-unsaturated/α-hetero) is 1. The Morgan fingerprint density at radius 1 is 1.38 bits per heavy atom. The van der Waals surface area contributed by atoms with Crippen molar-refractivity contribution in [2.75, 3.05) is 5.88 Å². The molecule has 3 nitrogen and oxygen atoms in total. The molecule has 0 heterocycles. The molecule has 70 valence electrons. The summed E-state index contributed by atoms with van der Waals surface area (Å²) in [6.07, 6.45) is 0. The van der Waals surface area contributed by atoms with Gasteiger partial charge >= 0.3 is 0 Å². The van der Waals surface area contributed by atoms with E-state index in [2.05, 4.69) is 0 Å². The quantitative estimate of drug-likeness (QED) is 0.569. The Morgan fingerprint density at radius 3 is 2.54 bits per heavy atom. The molecule has 13 heavy (non-hydrogen) atoms. The summed E-state index contributed by atoms with van der Waals surface area (Å²) >= 11 is 5.21. The molecule has 0 amide bonds. The molecule has 1 aromatic rings. The number of rotatable bonds is 2. The first-order chi connectivity index (χ1) is 6.06. The molecule has 0 atom stereocenters. The fourth-order valence-electron chi connectivity index (χ4n) is 0.846. The number of aromatic hydroxyl groups is 2. The van der Waals surface area contributed by atoms with Crippen LogP contribution >= 0.6 is 11.6 Å². The SMILES string of the molecule is O=C(CCl)c1cc(F)c(O)cc1O. The van der Waals surface area contributed by atoms with Crippen molar-refractivity contribution in [1.29, 1.82) is 0 Å². The van der Waals surface area contributed by atoms with Gasteiger partial charge in [-0.1, -0.05) is 0 Å². The van der Waals surface area contributed by atoms with E-state index >= 15 is 0 Å². The number of hydrogen-bond donors (Lipinski definition) is 2. The number of phenols is 2. The molecule has 0 unspecified atom stereocenters. The molecular formula is C8H6ClFO3. The van der Waals surface area contributed by atoms with Gasteiger partial charge in [-0.15, -0.1) is 11.6 Å². The van der Waals surface area contributed by atoms with Crippen molar-refractivity contribution in [1.82, 2.24) is 0 Å². The van der Waals surface area contributed by atoms with Crippen molar-refractivity contribution in [3.8, 4) is 11.5 Å². The minimum Gasteiger partial charge on any atom is -0.507 e. The van der Waals surface area contributed by atoms with Crippen LogP contribution in [0, 0.1) is 5.82 Å². The van der Waals surface area contributed by atoms with Crippen molar-refractivity contribution < 1.29 is 19.4 Å². The predicted octanol–water partition coefficient (Wildman–Crippen LogP) is 1.66. The monoisotopic (exact) mass is 204 g/mol. The molecule has 0 aliphatic heterocycles. The third kappa shape index (κ3) is 1.89. The van der Waals surface area contributed by atoms with Crippen LogP contribution in [0.15, 0.2) is 12.1 Å². The van der Waals surface area contributed by atoms with Crippen LogP contribution in [0.4, 0.5) is 4.39 Å². The number of phenolic OH excluding ortho intramolecular Hbond substituents is 2. The van der Waals surface area contributed by atoms with E-state index in [1.807, 2.05) is 0 Å². The van der Waals surface area contributed by atoms with Crippen LogP contribution in [0.25, 0.3) is 0 Å². The minimum atomic E-state index is -0.966. The lowest BCUT2D eigenvalue weighted by Crippen LogP contribution is -2.01. The van der Waals surface area contributed by atoms with Gasteiger partial charge in [-0.25, -0.2) is 4.39 Å². The van der Waals surface area contributed by atoms with Crippen molar-refractivity contribution in [3.05, 3.63) is 23.5 Å². The largest absolute Gasteiger partial charge is 0.507 e. The lowest BCUT2D eigenvalue weighted by atomic mass is 10.1. The number of benzene rings is 1. The van der Waals surface area contributed by atoms with Crippen molar-refractivity contribution in [3.63, 3.8) is 0 Å². The highest BCUT2D eigenvalue weighted by Crippen LogP contribution is 2.26. The second-order valence-electron chi connectivity index (χ2n) is 2.38. The molecular weight excluding hydrogens is 199 g/mol. The second-order valence-corrected chi connectivity index (χ2v) is 2.64. The molecule has 5 heteroatoms. The molecule has 0 aliphatic carbocycles. The van der Waals surface area contributed by atoms with Gasteiger partial charge in [-0.2, -0.15) is 0 Å². The Balaban J connectivity index is 3.23. The number of carbonyl (C=O) groups is 1. The normalized spacial score (nSPS) is 10.0. The molecule has 0 fully saturated rings. The first-order valence-electron chi connectivity index (χ1n) is 3.37. The van der Waals surface area contributed by atoms with Gasteiger partial charge < -0.3 is 10.2 Å². The summed E-state index contributed by atoms with van der Waals surface area (Å²) < 4.78 is 12.7. The Bertz CT molecular complexity index is 351. The maximum Gasteiger partial charge on any atom is 0.181 e. The molecule has 1 rings (SSSR count). The topological polar surface area (TPSA) is 57.5 Å². The summed E-state index contributed by atoms with van der Waals surface area (Å²) in [5.41, 5.74) is -0.231. The maximum atomic E-state index is 12.7. The molecule has 0 saturated heterocycles. The zero-order chi connectivity index (χ0) is 10.0. The fourth-order valence-corrected chi connectivity index (χ4v) is 0.990. The van der Waals surface area contributed by atoms with E-state index in [1.54, 1.807) is 0 Å². The Hall–Kier alpha value is -1.29. The highest BCUT2D eigenvalue weighted by molar-refractivity contribution is 6.30. The van der Waals surface area contributed by atoms with E-state index in [-0.39, 0.29) is 11.4 Å². The van der Waals surface area contributed by atoms with Crippen LogP contribution < -0.4 is 0 Å². The average molecular weight is 205 g/mol. The molecule has 0 aromatic heterocycles. The molecule has 2 N–H and O–H groups in total. The van der Waals surface area contributed by atoms with Crippen molar-refractivity contribution in [2.45, 2.75) is 0 Å². The summed E-state index contributed by atoms with van der Waals surface area (Å²) in [7, 11) is 0. The highest BCUT2D eigenvalue weighted by Gasteiger charge is 2.13. The predicted molar refractivity (Wildman–Crippen MR) is 44.8 cm³/mol. The van der Waals surface area contributed by atoms with Crippen LogP contribution in [0.1, 0.15) is 10.4 Å². The summed E-state index contributed by atoms with van der Waals surface area (Å²) in [5, 5.41) is 17.9. The van der Waals surface area contributed by atoms with Crippen LogP contribution in [0.5, 0.6) is 11.5 Å². The number of alkyl halides is 1. The van der Waals surface area contributed by atoms with Gasteiger partial charge in [0.25, 0.3) is 0 Å². The van der Waals surface area contributed by atoms with Gasteiger partial charge in [0, 0.05) is 6.07 Å². The third-order valence-corrected chi connectivity index (χ3v) is 1.73. The maximum absolute atomic E-state index is 12.7. The Morgan fingerprint density at radius 2 is 2.00 bits per heavy atom. The van der Waals surface area contributed by atoms with E-state index in [1.165, 1.54) is 0 Å². The molecule has 0 saturated carbocycles. The third-order valence-electron chi connectivity index (χ3n) is 1.49. The van der Waals surface area contributed by atoms with Gasteiger partial charge in [0.05, 0.1) is 11.4 Å². The highest BCUT2D eigenvalue weighted by atomic mass is 35.5. The van der Waals surface area contributed by atoms with Gasteiger partial charge in [0.2, 0.25) is 0 Å². The van der Waals surface area contributed by atoms with Crippen LogP contribution in [0.3, 0.4) is 0 Å². The first-order valence-corrected chi connectivity index (χ1v) is 3.90. The van der Waals surface area contributed by atoms with Gasteiger partial charge in [-0.3, -0.25) is 4.79 Å². The fraction of sp³-hybridized carbons (Fsp3) is 0.125. The number of carbonyl (C=O) groups excluding carboxylic acids is 1. The summed E-state index contributed by atoms with van der Waals surface area (Å²) in [6.45, 7) is 0. The van der Waals surface area contributed by atoms with Gasteiger partial charge in [0.15, 0.2) is 17.3 Å². The van der Waals surface area contributed by atoms with Crippen LogP contribution in [-0.2, 0) is 0 Å². The Kier molecular flexibility index (Phi) is 2.72. The first kappa shape index (κ1) is 9.80. The molecule has 1 aromatic carbocycles. The van der Waals surface area contributed by atoms with E-state index < -0.39 is 23.1 Å². The lowest BCUT2D eigenvalue weighted by molar-refractivity contribution is 0.101. The van der Waals surface area contributed by atoms with Gasteiger partial charge in [-0.05, 0) is 6.07 Å². The van der Waals surface area contributed by atoms with Gasteiger partial charge in [0.1, 0.15) is 5.75 Å². The molecule has 0 spiro atoms. The number of ketones is 1. The van der Waals surface area contributed by atoms with Crippen LogP contribution in [0.2, 0.25) is 0 Å².